The Kier molecular flexibility index (Phi) is 7.49. The van der Waals surface area contributed by atoms with Crippen LogP contribution in [0.2, 0.25) is 0 Å². The van der Waals surface area contributed by atoms with Crippen molar-refractivity contribution in [2.24, 2.45) is 0 Å². The van der Waals surface area contributed by atoms with Crippen LogP contribution in [-0.4, -0.2) is 12.3 Å². The van der Waals surface area contributed by atoms with Gasteiger partial charge in [0, 0.05) is 32.9 Å². The van der Waals surface area contributed by atoms with E-state index in [1.54, 1.807) is 27.6 Å². The lowest BCUT2D eigenvalue weighted by Gasteiger charge is -2.52. The molecule has 0 radical (unpaired) electrons. The zero-order chi connectivity index (χ0) is 41.8. The van der Waals surface area contributed by atoms with E-state index in [2.05, 4.69) is 173 Å². The second-order valence-electron chi connectivity index (χ2n) is 24.3. The van der Waals surface area contributed by atoms with Gasteiger partial charge in [0.2, 0.25) is 0 Å². The summed E-state index contributed by atoms with van der Waals surface area (Å²) in [4.78, 5) is 5.68. The smallest absolute Gasteiger partial charge is 0.254 e. The third-order valence-corrected chi connectivity index (χ3v) is 18.9. The van der Waals surface area contributed by atoms with Crippen molar-refractivity contribution in [1.82, 2.24) is 0 Å². The predicted octanol–water partition coefficient (Wildman–Crippen LogP) is 13.6. The Morgan fingerprint density at radius 1 is 0.593 bits per heavy atom. The molecule has 1 aromatic heterocycles. The Morgan fingerprint density at radius 2 is 1.19 bits per heavy atom. The second-order valence-corrected chi connectivity index (χ2v) is 25.4. The molecule has 6 aliphatic rings. The summed E-state index contributed by atoms with van der Waals surface area (Å²) >= 11 is 2.07. The van der Waals surface area contributed by atoms with Gasteiger partial charge in [-0.3, -0.25) is 0 Å². The second kappa shape index (κ2) is 11.5. The van der Waals surface area contributed by atoms with Crippen molar-refractivity contribution in [1.29, 1.82) is 0 Å². The molecule has 0 N–H and O–H groups in total. The number of rotatable bonds is 1. The molecule has 3 aliphatic heterocycles. The van der Waals surface area contributed by atoms with Gasteiger partial charge >= 0.3 is 0 Å². The first-order valence-corrected chi connectivity index (χ1v) is 24.0. The average Bonchev–Trinajstić information content (AvgIpc) is 3.63. The van der Waals surface area contributed by atoms with E-state index in [0.29, 0.717) is 0 Å². The summed E-state index contributed by atoms with van der Waals surface area (Å²) in [5, 5.41) is 2.91. The van der Waals surface area contributed by atoms with Crippen molar-refractivity contribution in [2.75, 3.05) is 9.80 Å². The Morgan fingerprint density at radius 3 is 1.85 bits per heavy atom. The minimum Gasteiger partial charge on any atom is -0.335 e. The number of thiophene rings is 1. The van der Waals surface area contributed by atoms with Gasteiger partial charge in [-0.1, -0.05) is 114 Å². The molecule has 4 aromatic carbocycles. The van der Waals surface area contributed by atoms with Crippen LogP contribution in [0.25, 0.3) is 10.1 Å². The Balaban J connectivity index is 1.29. The highest BCUT2D eigenvalue weighted by atomic mass is 32.1. The molecular formula is C55H67BN2S. The molecule has 2 unspecified atom stereocenters. The van der Waals surface area contributed by atoms with Gasteiger partial charge in [-0.25, -0.2) is 0 Å². The number of hydrogen-bond donors (Lipinski definition) is 0. The minimum atomic E-state index is 0.00328. The molecular weight excluding hydrogens is 731 g/mol. The number of aryl methyl sites for hydroxylation is 1. The predicted molar refractivity (Wildman–Crippen MR) is 258 cm³/mol. The molecule has 306 valence electrons. The number of benzene rings is 4. The molecule has 0 amide bonds. The molecule has 4 heterocycles. The van der Waals surface area contributed by atoms with Gasteiger partial charge in [0.1, 0.15) is 0 Å². The number of nitrogens with zero attached hydrogens (tertiary/aromatic N) is 2. The van der Waals surface area contributed by atoms with Crippen LogP contribution in [0, 0.1) is 6.92 Å². The summed E-state index contributed by atoms with van der Waals surface area (Å²) in [6.07, 6.45) is 9.96. The SMILES string of the molecule is Cc1cc2c3c(c1)N1c4c(cc(C(C)(C)C)cc4C4(C)CCCCC14C)B3c1c(sc3cc4c(cc13)C(C)(C)CCC4(C)C)N2c1ccc2c(c1)C(C)(C)CCC2(C)C. The number of fused-ring (bicyclic) bond motifs is 11. The Bertz CT molecular complexity index is 2680. The maximum absolute atomic E-state index is 2.93. The van der Waals surface area contributed by atoms with Crippen molar-refractivity contribution in [3.63, 3.8) is 0 Å². The van der Waals surface area contributed by atoms with E-state index in [0.717, 1.165) is 0 Å². The fourth-order valence-electron chi connectivity index (χ4n) is 13.5. The van der Waals surface area contributed by atoms with Crippen LogP contribution in [0.1, 0.15) is 180 Å². The van der Waals surface area contributed by atoms with Gasteiger partial charge in [-0.15, -0.1) is 11.3 Å². The van der Waals surface area contributed by atoms with E-state index >= 15 is 0 Å². The van der Waals surface area contributed by atoms with E-state index in [1.165, 1.54) is 117 Å². The van der Waals surface area contributed by atoms with Crippen molar-refractivity contribution in [3.05, 3.63) is 93.5 Å². The van der Waals surface area contributed by atoms with Gasteiger partial charge in [0.15, 0.2) is 0 Å². The van der Waals surface area contributed by atoms with E-state index in [4.69, 9.17) is 0 Å². The summed E-state index contributed by atoms with van der Waals surface area (Å²) in [5.74, 6) is 0. The van der Waals surface area contributed by atoms with Crippen LogP contribution in [0.3, 0.4) is 0 Å². The molecule has 3 aliphatic carbocycles. The van der Waals surface area contributed by atoms with Crippen LogP contribution < -0.4 is 26.2 Å². The van der Waals surface area contributed by atoms with Gasteiger partial charge in [0.25, 0.3) is 6.71 Å². The molecule has 59 heavy (non-hydrogen) atoms. The fourth-order valence-corrected chi connectivity index (χ4v) is 14.8. The monoisotopic (exact) mass is 799 g/mol. The van der Waals surface area contributed by atoms with Gasteiger partial charge < -0.3 is 9.80 Å². The van der Waals surface area contributed by atoms with Gasteiger partial charge in [0.05, 0.1) is 10.5 Å². The number of anilines is 5. The Labute approximate surface area is 360 Å². The Hall–Kier alpha value is -3.50. The highest BCUT2D eigenvalue weighted by molar-refractivity contribution is 7.26. The zero-order valence-corrected chi connectivity index (χ0v) is 39.5. The molecule has 2 nitrogen and oxygen atoms in total. The van der Waals surface area contributed by atoms with E-state index in [9.17, 15) is 0 Å². The van der Waals surface area contributed by atoms with Crippen LogP contribution in [0.4, 0.5) is 27.8 Å². The molecule has 2 atom stereocenters. The molecule has 1 fully saturated rings. The van der Waals surface area contributed by atoms with Gasteiger partial charge in [-0.2, -0.15) is 0 Å². The fraction of sp³-hybridized carbons (Fsp3) is 0.527. The lowest BCUT2D eigenvalue weighted by atomic mass is 9.33. The highest BCUT2D eigenvalue weighted by Gasteiger charge is 2.62. The summed E-state index contributed by atoms with van der Waals surface area (Å²) in [6, 6.07) is 23.5. The molecule has 4 heteroatoms. The molecule has 5 aromatic rings. The van der Waals surface area contributed by atoms with Gasteiger partial charge in [-0.05, 0) is 177 Å². The van der Waals surface area contributed by atoms with E-state index < -0.39 is 0 Å². The van der Waals surface area contributed by atoms with Crippen molar-refractivity contribution in [2.45, 2.75) is 186 Å². The van der Waals surface area contributed by atoms with Crippen molar-refractivity contribution in [3.8, 4) is 0 Å². The van der Waals surface area contributed by atoms with Crippen LogP contribution in [0.15, 0.2) is 54.6 Å². The largest absolute Gasteiger partial charge is 0.335 e. The first-order valence-electron chi connectivity index (χ1n) is 23.2. The van der Waals surface area contributed by atoms with Crippen molar-refractivity contribution >= 4 is 72.3 Å². The first kappa shape index (κ1) is 38.4. The summed E-state index contributed by atoms with van der Waals surface area (Å²) in [6.45, 7) is 35.0. The molecule has 0 spiro atoms. The summed E-state index contributed by atoms with van der Waals surface area (Å²) in [7, 11) is 0. The van der Waals surface area contributed by atoms with Crippen LogP contribution >= 0.6 is 11.3 Å². The normalized spacial score (nSPS) is 26.2. The highest BCUT2D eigenvalue weighted by Crippen LogP contribution is 2.63. The lowest BCUT2D eigenvalue weighted by Crippen LogP contribution is -2.64. The van der Waals surface area contributed by atoms with E-state index in [-0.39, 0.29) is 44.7 Å². The quantitative estimate of drug-likeness (QED) is 0.153. The standard InChI is InChI=1S/C55H67BN2S/c1-32-25-42-46-43(26-32)58-47-40(54(13)19-15-16-20-55(54,58)14)27-33(49(2,3)4)28-41(47)56(46)45-35-30-38-39(53(11,12)24-23-52(38,9)10)31-44(35)59-48(45)57(42)34-17-18-36-37(29-34)51(7,8)22-21-50(36,5)6/h17-18,25-31H,15-16,19-24H2,1-14H3. The maximum Gasteiger partial charge on any atom is 0.254 e. The average molecular weight is 799 g/mol. The topological polar surface area (TPSA) is 6.48 Å². The van der Waals surface area contributed by atoms with Crippen molar-refractivity contribution < 1.29 is 0 Å². The van der Waals surface area contributed by atoms with E-state index in [1.807, 2.05) is 0 Å². The maximum atomic E-state index is 2.93. The summed E-state index contributed by atoms with van der Waals surface area (Å²) in [5.41, 5.74) is 21.7. The number of hydrogen-bond acceptors (Lipinski definition) is 3. The zero-order valence-electron chi connectivity index (χ0n) is 38.7. The molecule has 11 rings (SSSR count). The third-order valence-electron chi connectivity index (χ3n) is 17.7. The summed E-state index contributed by atoms with van der Waals surface area (Å²) < 4.78 is 1.45. The first-order chi connectivity index (χ1) is 27.5. The van der Waals surface area contributed by atoms with Crippen LogP contribution in [0.5, 0.6) is 0 Å². The van der Waals surface area contributed by atoms with Crippen LogP contribution in [-0.2, 0) is 32.5 Å². The molecule has 0 bridgehead atoms. The lowest BCUT2D eigenvalue weighted by molar-refractivity contribution is 0.195. The minimum absolute atomic E-state index is 0.00328. The molecule has 0 saturated heterocycles. The molecule has 1 saturated carbocycles. The third kappa shape index (κ3) is 4.88.